The normalized spacial score (nSPS) is 15.9. The van der Waals surface area contributed by atoms with Crippen molar-refractivity contribution >= 4 is 68.5 Å². The van der Waals surface area contributed by atoms with Gasteiger partial charge in [0, 0.05) is 103 Å². The predicted octanol–water partition coefficient (Wildman–Crippen LogP) is 8.73. The molecule has 0 radical (unpaired) electrons. The first-order valence-electron chi connectivity index (χ1n) is 20.3. The lowest BCUT2D eigenvalue weighted by atomic mass is 9.97. The number of hydrogen-bond donors (Lipinski definition) is 1. The number of aromatic carboxylic acids is 1. The Labute approximate surface area is 359 Å². The average Bonchev–Trinajstić information content (AvgIpc) is 3.72. The molecular weight excluding hydrogens is 801 g/mol. The third-order valence-corrected chi connectivity index (χ3v) is 13.0. The Balaban J connectivity index is 1.22. The number of carboxylic acids is 1. The molecule has 5 heterocycles. The lowest BCUT2D eigenvalue weighted by Gasteiger charge is -2.34. The number of nitrogens with zero attached hydrogens (tertiary/aromatic N) is 7. The first-order valence-corrected chi connectivity index (χ1v) is 21.1. The second kappa shape index (κ2) is 16.2. The molecule has 6 aromatic rings. The zero-order valence-electron chi connectivity index (χ0n) is 35.0. The van der Waals surface area contributed by atoms with Gasteiger partial charge in [0.15, 0.2) is 0 Å². The molecule has 0 aliphatic carbocycles. The summed E-state index contributed by atoms with van der Waals surface area (Å²) < 4.78 is 10.3. The lowest BCUT2D eigenvalue weighted by molar-refractivity contribution is -0.130. The van der Waals surface area contributed by atoms with Gasteiger partial charge in [0.25, 0.3) is 5.91 Å². The van der Waals surface area contributed by atoms with Gasteiger partial charge in [0.1, 0.15) is 17.3 Å². The second-order valence-electron chi connectivity index (χ2n) is 16.2. The fraction of sp³-hybridized carbons (Fsp3) is 0.370. The van der Waals surface area contributed by atoms with E-state index in [1.807, 2.05) is 74.7 Å². The van der Waals surface area contributed by atoms with Gasteiger partial charge in [-0.3, -0.25) is 14.5 Å². The molecule has 2 amide bonds. The first-order chi connectivity index (χ1) is 28.6. The van der Waals surface area contributed by atoms with E-state index < -0.39 is 5.97 Å². The standard InChI is InChI=1S/C46H49Cl2N7O5/c1-25-19-32(20-26(2)42(25)48)60-18-8-9-33-34-11-12-36(47)41(40-28(4)49-39(50-29(40)5)24-52-14-16-53(17-15-52)30(6)56)43(34)55-27(3)22-54(45(57)44(33)55)38-23-51(7)37-13-10-31(46(58)59)21-35(37)38/h10-13,19-21,23,27H,8-9,14-18,22,24H2,1-7H3,(H,58,59)/t27-/m1/s1. The Hall–Kier alpha value is -5.43. The van der Waals surface area contributed by atoms with E-state index in [1.165, 1.54) is 0 Å². The van der Waals surface area contributed by atoms with E-state index >= 15 is 4.79 Å². The molecule has 1 atom stereocenters. The van der Waals surface area contributed by atoms with Crippen LogP contribution in [0.2, 0.25) is 10.0 Å². The molecule has 0 bridgehead atoms. The highest BCUT2D eigenvalue weighted by Crippen LogP contribution is 2.45. The van der Waals surface area contributed by atoms with Crippen molar-refractivity contribution in [1.82, 2.24) is 28.9 Å². The zero-order valence-corrected chi connectivity index (χ0v) is 36.5. The maximum atomic E-state index is 15.2. The molecule has 1 fully saturated rings. The minimum absolute atomic E-state index is 0.0896. The van der Waals surface area contributed by atoms with Crippen LogP contribution < -0.4 is 9.64 Å². The Morgan fingerprint density at radius 1 is 0.917 bits per heavy atom. The van der Waals surface area contributed by atoms with Crippen LogP contribution in [0.4, 0.5) is 5.69 Å². The number of benzene rings is 3. The Morgan fingerprint density at radius 2 is 1.60 bits per heavy atom. The van der Waals surface area contributed by atoms with Gasteiger partial charge < -0.3 is 28.8 Å². The molecule has 12 nitrogen and oxygen atoms in total. The molecule has 60 heavy (non-hydrogen) atoms. The first kappa shape index (κ1) is 41.3. The highest BCUT2D eigenvalue weighted by atomic mass is 35.5. The number of halogens is 2. The van der Waals surface area contributed by atoms with Crippen LogP contribution in [0.1, 0.15) is 81.1 Å². The summed E-state index contributed by atoms with van der Waals surface area (Å²) in [5.41, 5.74) is 9.03. The Morgan fingerprint density at radius 3 is 2.25 bits per heavy atom. The third kappa shape index (κ3) is 7.39. The molecule has 8 rings (SSSR count). The van der Waals surface area contributed by atoms with Gasteiger partial charge >= 0.3 is 5.97 Å². The molecule has 0 spiro atoms. The predicted molar refractivity (Wildman–Crippen MR) is 236 cm³/mol. The third-order valence-electron chi connectivity index (χ3n) is 12.1. The molecule has 3 aromatic heterocycles. The number of carbonyl (C=O) groups excluding carboxylic acids is 2. The molecule has 14 heteroatoms. The number of aromatic nitrogens is 4. The van der Waals surface area contributed by atoms with E-state index in [0.29, 0.717) is 73.2 Å². The van der Waals surface area contributed by atoms with Crippen LogP contribution in [0.5, 0.6) is 5.75 Å². The number of carboxylic acid groups (broad SMARTS) is 1. The smallest absolute Gasteiger partial charge is 0.335 e. The van der Waals surface area contributed by atoms with E-state index in [2.05, 4.69) is 16.4 Å². The monoisotopic (exact) mass is 849 g/mol. The van der Waals surface area contributed by atoms with Crippen LogP contribution >= 0.6 is 23.2 Å². The number of rotatable bonds is 10. The van der Waals surface area contributed by atoms with E-state index in [0.717, 1.165) is 79.5 Å². The topological polar surface area (TPSA) is 126 Å². The molecule has 312 valence electrons. The van der Waals surface area contributed by atoms with Crippen LogP contribution in [0.3, 0.4) is 0 Å². The van der Waals surface area contributed by atoms with Crippen molar-refractivity contribution in [2.75, 3.05) is 44.2 Å². The largest absolute Gasteiger partial charge is 0.494 e. The van der Waals surface area contributed by atoms with Gasteiger partial charge in [-0.2, -0.15) is 0 Å². The number of ether oxygens (including phenoxy) is 1. The summed E-state index contributed by atoms with van der Waals surface area (Å²) in [5, 5.41) is 12.7. The Bertz CT molecular complexity index is 2690. The van der Waals surface area contributed by atoms with Gasteiger partial charge in [0.05, 0.1) is 34.9 Å². The maximum Gasteiger partial charge on any atom is 0.335 e. The van der Waals surface area contributed by atoms with Crippen molar-refractivity contribution in [3.05, 3.63) is 104 Å². The number of fused-ring (bicyclic) bond motifs is 4. The maximum absolute atomic E-state index is 15.2. The number of carbonyl (C=O) groups is 3. The summed E-state index contributed by atoms with van der Waals surface area (Å²) >= 11 is 13.7. The molecule has 0 saturated carbocycles. The highest BCUT2D eigenvalue weighted by Gasteiger charge is 2.38. The summed E-state index contributed by atoms with van der Waals surface area (Å²) in [6, 6.07) is 12.6. The van der Waals surface area contributed by atoms with Crippen molar-refractivity contribution in [3.8, 4) is 16.9 Å². The van der Waals surface area contributed by atoms with Gasteiger partial charge in [0.2, 0.25) is 5.91 Å². The second-order valence-corrected chi connectivity index (χ2v) is 17.0. The van der Waals surface area contributed by atoms with E-state index in [4.69, 9.17) is 37.9 Å². The van der Waals surface area contributed by atoms with Gasteiger partial charge in [-0.1, -0.05) is 29.3 Å². The van der Waals surface area contributed by atoms with Crippen molar-refractivity contribution in [1.29, 1.82) is 0 Å². The van der Waals surface area contributed by atoms with Gasteiger partial charge in [-0.25, -0.2) is 14.8 Å². The lowest BCUT2D eigenvalue weighted by Crippen LogP contribution is -2.47. The quantitative estimate of drug-likeness (QED) is 0.136. The summed E-state index contributed by atoms with van der Waals surface area (Å²) in [6.45, 7) is 15.8. The van der Waals surface area contributed by atoms with Crippen molar-refractivity contribution in [2.24, 2.45) is 7.05 Å². The number of aryl methyl sites for hydroxylation is 6. The Kier molecular flexibility index (Phi) is 11.2. The van der Waals surface area contributed by atoms with Crippen LogP contribution in [0, 0.1) is 27.7 Å². The van der Waals surface area contributed by atoms with Gasteiger partial charge in [-0.05, 0) is 101 Å². The summed E-state index contributed by atoms with van der Waals surface area (Å²) in [7, 11) is 1.90. The zero-order chi connectivity index (χ0) is 42.7. The van der Waals surface area contributed by atoms with Crippen molar-refractivity contribution in [2.45, 2.75) is 67.0 Å². The average molecular weight is 851 g/mol. The van der Waals surface area contributed by atoms with Gasteiger partial charge in [-0.15, -0.1) is 0 Å². The summed E-state index contributed by atoms with van der Waals surface area (Å²) in [4.78, 5) is 55.1. The minimum atomic E-state index is -1.03. The summed E-state index contributed by atoms with van der Waals surface area (Å²) in [5.74, 6) is 0.333. The summed E-state index contributed by atoms with van der Waals surface area (Å²) in [6.07, 6.45) is 3.07. The number of piperazine rings is 1. The number of hydrogen-bond acceptors (Lipinski definition) is 7. The fourth-order valence-electron chi connectivity index (χ4n) is 9.16. The van der Waals surface area contributed by atoms with Crippen molar-refractivity contribution < 1.29 is 24.2 Å². The van der Waals surface area contributed by atoms with Crippen LogP contribution in [0.15, 0.2) is 48.7 Å². The molecule has 2 aliphatic heterocycles. The van der Waals surface area contributed by atoms with E-state index in [9.17, 15) is 14.7 Å². The molecule has 3 aromatic carbocycles. The molecule has 1 saturated heterocycles. The minimum Gasteiger partial charge on any atom is -0.494 e. The van der Waals surface area contributed by atoms with E-state index in [1.54, 1.807) is 30.0 Å². The van der Waals surface area contributed by atoms with Crippen LogP contribution in [0.25, 0.3) is 32.9 Å². The number of amides is 2. The number of anilines is 1. The molecule has 1 N–H and O–H groups in total. The van der Waals surface area contributed by atoms with E-state index in [-0.39, 0.29) is 23.4 Å². The SMILES string of the molecule is CC(=O)N1CCN(Cc2nc(C)c(-c3c(Cl)ccc4c(CCCOc5cc(C)c(Cl)c(C)c5)c5n(c34)[C@H](C)CN(c3cn(C)c4ccc(C(=O)O)cc34)C5=O)c(C)n2)CC1. The fourth-order valence-corrected chi connectivity index (χ4v) is 9.52. The van der Waals surface area contributed by atoms with Crippen molar-refractivity contribution in [3.63, 3.8) is 0 Å². The molecule has 2 aliphatic rings. The molecule has 0 unspecified atom stereocenters. The van der Waals surface area contributed by atoms with Crippen LogP contribution in [-0.4, -0.2) is 91.1 Å². The highest BCUT2D eigenvalue weighted by molar-refractivity contribution is 6.35. The van der Waals surface area contributed by atoms with Crippen LogP contribution in [-0.2, 0) is 24.8 Å². The molecular formula is C46H49Cl2N7O5.